The molecule has 4 nitrogen and oxygen atoms in total. The molecule has 17 heavy (non-hydrogen) atoms. The van der Waals surface area contributed by atoms with E-state index in [1.165, 1.54) is 4.90 Å². The van der Waals surface area contributed by atoms with Crippen molar-refractivity contribution in [3.63, 3.8) is 0 Å². The van der Waals surface area contributed by atoms with Gasteiger partial charge < -0.3 is 10.0 Å². The normalized spacial score (nSPS) is 24.1. The molecule has 0 spiro atoms. The summed E-state index contributed by atoms with van der Waals surface area (Å²) < 4.78 is 0.931. The molecule has 1 aromatic rings. The van der Waals surface area contributed by atoms with Crippen molar-refractivity contribution >= 4 is 27.8 Å². The van der Waals surface area contributed by atoms with E-state index < -0.39 is 11.9 Å². The average Bonchev–Trinajstić information content (AvgIpc) is 2.57. The minimum absolute atomic E-state index is 0.0760. The first kappa shape index (κ1) is 12.1. The summed E-state index contributed by atoms with van der Waals surface area (Å²) in [5.41, 5.74) is 0.856. The predicted octanol–water partition coefficient (Wildman–Crippen LogP) is 2.05. The Bertz CT molecular complexity index is 457. The molecular formula is C12H12BrNO3. The van der Waals surface area contributed by atoms with Crippen molar-refractivity contribution in [2.24, 2.45) is 5.92 Å². The van der Waals surface area contributed by atoms with Crippen LogP contribution < -0.4 is 0 Å². The van der Waals surface area contributed by atoms with E-state index in [9.17, 15) is 9.59 Å². The SMILES string of the molecule is CN1C(=O)C[C@H](C(=O)O)[C@@H]1c1ccc(Br)cc1. The van der Waals surface area contributed by atoms with Crippen molar-refractivity contribution in [3.8, 4) is 0 Å². The number of carboxylic acids is 1. The lowest BCUT2D eigenvalue weighted by Crippen LogP contribution is -2.26. The van der Waals surface area contributed by atoms with Crippen LogP contribution in [0.4, 0.5) is 0 Å². The Labute approximate surface area is 107 Å². The van der Waals surface area contributed by atoms with Crippen LogP contribution in [0.3, 0.4) is 0 Å². The summed E-state index contributed by atoms with van der Waals surface area (Å²) in [7, 11) is 1.65. The van der Waals surface area contributed by atoms with E-state index in [-0.39, 0.29) is 18.4 Å². The van der Waals surface area contributed by atoms with Crippen molar-refractivity contribution < 1.29 is 14.7 Å². The fraction of sp³-hybridized carbons (Fsp3) is 0.333. The van der Waals surface area contributed by atoms with Crippen LogP contribution >= 0.6 is 15.9 Å². The van der Waals surface area contributed by atoms with E-state index >= 15 is 0 Å². The quantitative estimate of drug-likeness (QED) is 0.909. The molecule has 0 unspecified atom stereocenters. The van der Waals surface area contributed by atoms with Crippen molar-refractivity contribution in [2.45, 2.75) is 12.5 Å². The monoisotopic (exact) mass is 297 g/mol. The van der Waals surface area contributed by atoms with Gasteiger partial charge in [-0.1, -0.05) is 28.1 Å². The van der Waals surface area contributed by atoms with Crippen LogP contribution in [0.15, 0.2) is 28.7 Å². The minimum atomic E-state index is -0.921. The second kappa shape index (κ2) is 4.49. The molecular weight excluding hydrogens is 286 g/mol. The standard InChI is InChI=1S/C12H12BrNO3/c1-14-10(15)6-9(12(16)17)11(14)7-2-4-8(13)5-3-7/h2-5,9,11H,6H2,1H3,(H,16,17)/t9-,11-/m0/s1. The lowest BCUT2D eigenvalue weighted by atomic mass is 9.94. The van der Waals surface area contributed by atoms with Gasteiger partial charge in [0.2, 0.25) is 5.91 Å². The van der Waals surface area contributed by atoms with Crippen LogP contribution in [-0.4, -0.2) is 28.9 Å². The number of halogens is 1. The van der Waals surface area contributed by atoms with E-state index in [1.807, 2.05) is 24.3 Å². The number of carbonyl (C=O) groups is 2. The van der Waals surface area contributed by atoms with Crippen LogP contribution in [0.2, 0.25) is 0 Å². The van der Waals surface area contributed by atoms with E-state index in [2.05, 4.69) is 15.9 Å². The zero-order chi connectivity index (χ0) is 12.6. The second-order valence-electron chi connectivity index (χ2n) is 4.15. The van der Waals surface area contributed by atoms with Gasteiger partial charge in [0.05, 0.1) is 12.0 Å². The maximum Gasteiger partial charge on any atom is 0.309 e. The topological polar surface area (TPSA) is 57.6 Å². The molecule has 5 heteroatoms. The highest BCUT2D eigenvalue weighted by Crippen LogP contribution is 2.37. The smallest absolute Gasteiger partial charge is 0.309 e. The summed E-state index contributed by atoms with van der Waals surface area (Å²) in [5, 5.41) is 9.15. The summed E-state index contributed by atoms with van der Waals surface area (Å²) in [6, 6.07) is 7.03. The maximum absolute atomic E-state index is 11.6. The Morgan fingerprint density at radius 1 is 1.41 bits per heavy atom. The van der Waals surface area contributed by atoms with E-state index in [0.29, 0.717) is 0 Å². The fourth-order valence-corrected chi connectivity index (χ4v) is 2.47. The molecule has 1 aliphatic rings. The summed E-state index contributed by atoms with van der Waals surface area (Å²) in [4.78, 5) is 24.3. The van der Waals surface area contributed by atoms with Crippen molar-refractivity contribution in [2.75, 3.05) is 7.05 Å². The number of hydrogen-bond acceptors (Lipinski definition) is 2. The highest BCUT2D eigenvalue weighted by molar-refractivity contribution is 9.10. The van der Waals surface area contributed by atoms with Gasteiger partial charge in [0, 0.05) is 17.9 Å². The predicted molar refractivity (Wildman–Crippen MR) is 65.4 cm³/mol. The summed E-state index contributed by atoms with van der Waals surface area (Å²) in [6.45, 7) is 0. The van der Waals surface area contributed by atoms with E-state index in [0.717, 1.165) is 10.0 Å². The van der Waals surface area contributed by atoms with Gasteiger partial charge in [0.25, 0.3) is 0 Å². The van der Waals surface area contributed by atoms with Gasteiger partial charge in [-0.2, -0.15) is 0 Å². The molecule has 1 amide bonds. The van der Waals surface area contributed by atoms with Crippen LogP contribution in [0, 0.1) is 5.92 Å². The molecule has 1 aliphatic heterocycles. The summed E-state index contributed by atoms with van der Waals surface area (Å²) >= 11 is 3.33. The fourth-order valence-electron chi connectivity index (χ4n) is 2.21. The van der Waals surface area contributed by atoms with Crippen molar-refractivity contribution in [3.05, 3.63) is 34.3 Å². The molecule has 1 aromatic carbocycles. The lowest BCUT2D eigenvalue weighted by Gasteiger charge is -2.23. The number of nitrogens with zero attached hydrogens (tertiary/aromatic N) is 1. The molecule has 90 valence electrons. The van der Waals surface area contributed by atoms with Crippen LogP contribution in [0.25, 0.3) is 0 Å². The second-order valence-corrected chi connectivity index (χ2v) is 5.07. The molecule has 1 saturated heterocycles. The van der Waals surface area contributed by atoms with Gasteiger partial charge in [0.1, 0.15) is 0 Å². The van der Waals surface area contributed by atoms with Gasteiger partial charge in [-0.25, -0.2) is 0 Å². The number of hydrogen-bond donors (Lipinski definition) is 1. The molecule has 1 heterocycles. The largest absolute Gasteiger partial charge is 0.481 e. The molecule has 1 fully saturated rings. The maximum atomic E-state index is 11.6. The van der Waals surface area contributed by atoms with E-state index in [1.54, 1.807) is 7.05 Å². The Morgan fingerprint density at radius 2 is 2.00 bits per heavy atom. The first-order valence-corrected chi connectivity index (χ1v) is 6.04. The molecule has 0 radical (unpaired) electrons. The molecule has 0 saturated carbocycles. The first-order valence-electron chi connectivity index (χ1n) is 5.24. The summed E-state index contributed by atoms with van der Waals surface area (Å²) in [6.07, 6.45) is 0.0760. The molecule has 0 aliphatic carbocycles. The molecule has 0 aromatic heterocycles. The Hall–Kier alpha value is -1.36. The number of benzene rings is 1. The molecule has 2 atom stereocenters. The van der Waals surface area contributed by atoms with Crippen molar-refractivity contribution in [1.82, 2.24) is 4.90 Å². The third kappa shape index (κ3) is 2.20. The Kier molecular flexibility index (Phi) is 3.19. The van der Waals surface area contributed by atoms with E-state index in [4.69, 9.17) is 5.11 Å². The van der Waals surface area contributed by atoms with Crippen molar-refractivity contribution in [1.29, 1.82) is 0 Å². The molecule has 1 N–H and O–H groups in total. The summed E-state index contributed by atoms with van der Waals surface area (Å²) in [5.74, 6) is -1.70. The highest BCUT2D eigenvalue weighted by atomic mass is 79.9. The van der Waals surface area contributed by atoms with Gasteiger partial charge in [-0.15, -0.1) is 0 Å². The minimum Gasteiger partial charge on any atom is -0.481 e. The number of aliphatic carboxylic acids is 1. The average molecular weight is 298 g/mol. The van der Waals surface area contributed by atoms with Gasteiger partial charge >= 0.3 is 5.97 Å². The number of amides is 1. The van der Waals surface area contributed by atoms with Crippen LogP contribution in [0.5, 0.6) is 0 Å². The zero-order valence-electron chi connectivity index (χ0n) is 9.26. The first-order chi connectivity index (χ1) is 8.00. The molecule has 2 rings (SSSR count). The van der Waals surface area contributed by atoms with Gasteiger partial charge in [-0.3, -0.25) is 9.59 Å². The Balaban J connectivity index is 2.37. The van der Waals surface area contributed by atoms with Gasteiger partial charge in [0.15, 0.2) is 0 Å². The number of carboxylic acid groups (broad SMARTS) is 1. The van der Waals surface area contributed by atoms with Crippen LogP contribution in [0.1, 0.15) is 18.0 Å². The number of likely N-dealkylation sites (tertiary alicyclic amines) is 1. The van der Waals surface area contributed by atoms with Gasteiger partial charge in [-0.05, 0) is 17.7 Å². The number of rotatable bonds is 2. The Morgan fingerprint density at radius 3 is 2.53 bits per heavy atom. The third-order valence-corrected chi connectivity index (χ3v) is 3.64. The lowest BCUT2D eigenvalue weighted by molar-refractivity contribution is -0.142. The number of carbonyl (C=O) groups excluding carboxylic acids is 1. The molecule has 0 bridgehead atoms. The highest BCUT2D eigenvalue weighted by Gasteiger charge is 2.42. The third-order valence-electron chi connectivity index (χ3n) is 3.12. The zero-order valence-corrected chi connectivity index (χ0v) is 10.8. The van der Waals surface area contributed by atoms with Crippen LogP contribution in [-0.2, 0) is 9.59 Å².